The van der Waals surface area contributed by atoms with E-state index in [9.17, 15) is 24.0 Å². The number of anilines is 1. The fraction of sp³-hybridized carbons (Fsp3) is 0.485. The van der Waals surface area contributed by atoms with Gasteiger partial charge >= 0.3 is 17.9 Å². The Kier molecular flexibility index (Phi) is 10.6. The van der Waals surface area contributed by atoms with Crippen molar-refractivity contribution in [2.24, 2.45) is 11.8 Å². The van der Waals surface area contributed by atoms with E-state index in [0.29, 0.717) is 30.6 Å². The number of aliphatic hydroxyl groups is 1. The van der Waals surface area contributed by atoms with E-state index in [-0.39, 0.29) is 11.8 Å². The number of aliphatic carboxylic acids is 3. The number of likely N-dealkylation sites (tertiary alicyclic amines) is 1. The molecule has 2 heterocycles. The maximum absolute atomic E-state index is 13.4. The van der Waals surface area contributed by atoms with Gasteiger partial charge in [-0.05, 0) is 47.8 Å². The van der Waals surface area contributed by atoms with Crippen molar-refractivity contribution in [1.29, 1.82) is 0 Å². The molecule has 1 aliphatic carbocycles. The van der Waals surface area contributed by atoms with Gasteiger partial charge in [0.25, 0.3) is 0 Å². The number of hydrogen-bond acceptors (Lipinski definition) is 7. The predicted molar refractivity (Wildman–Crippen MR) is 164 cm³/mol. The molecule has 0 radical (unpaired) electrons. The Morgan fingerprint density at radius 2 is 1.40 bits per heavy atom. The van der Waals surface area contributed by atoms with Crippen LogP contribution in [0.15, 0.2) is 54.6 Å². The molecule has 4 atom stereocenters. The van der Waals surface area contributed by atoms with Crippen LogP contribution in [0.1, 0.15) is 49.1 Å². The molecule has 12 heteroatoms. The van der Waals surface area contributed by atoms with Crippen molar-refractivity contribution < 1.29 is 44.4 Å². The van der Waals surface area contributed by atoms with Gasteiger partial charge in [-0.2, -0.15) is 0 Å². The molecule has 3 aliphatic rings. The zero-order valence-corrected chi connectivity index (χ0v) is 25.5. The fourth-order valence-corrected chi connectivity index (χ4v) is 7.00. The molecule has 0 spiro atoms. The van der Waals surface area contributed by atoms with Gasteiger partial charge in [-0.25, -0.2) is 4.79 Å². The van der Waals surface area contributed by atoms with Crippen LogP contribution in [0, 0.1) is 11.8 Å². The van der Waals surface area contributed by atoms with Crippen molar-refractivity contribution in [1.82, 2.24) is 9.80 Å². The topological polar surface area (TPSA) is 176 Å². The number of rotatable bonds is 10. The van der Waals surface area contributed by atoms with Crippen molar-refractivity contribution >= 4 is 35.4 Å². The molecule has 45 heavy (non-hydrogen) atoms. The molecule has 4 N–H and O–H groups in total. The number of carbonyl (C=O) groups excluding carboxylic acids is 2. The number of amides is 2. The number of fused-ring (bicyclic) bond motifs is 3. The summed E-state index contributed by atoms with van der Waals surface area (Å²) >= 11 is 0. The van der Waals surface area contributed by atoms with Crippen LogP contribution in [0.3, 0.4) is 0 Å². The van der Waals surface area contributed by atoms with E-state index in [2.05, 4.69) is 35.2 Å². The number of piperidine rings is 1. The highest BCUT2D eigenvalue weighted by Crippen LogP contribution is 2.48. The number of carboxylic acids is 3. The average molecular weight is 624 g/mol. The van der Waals surface area contributed by atoms with E-state index in [1.54, 1.807) is 23.9 Å². The van der Waals surface area contributed by atoms with Crippen LogP contribution in [0.25, 0.3) is 0 Å². The van der Waals surface area contributed by atoms with Crippen molar-refractivity contribution in [2.45, 2.75) is 56.1 Å². The molecule has 2 aromatic carbocycles. The fourth-order valence-electron chi connectivity index (χ4n) is 7.00. The normalized spacial score (nSPS) is 22.2. The molecule has 1 unspecified atom stereocenters. The summed E-state index contributed by atoms with van der Waals surface area (Å²) < 4.78 is 0. The third-order valence-corrected chi connectivity index (χ3v) is 8.99. The molecule has 2 aromatic rings. The average Bonchev–Trinajstić information content (AvgIpc) is 3.50. The molecule has 2 bridgehead atoms. The third kappa shape index (κ3) is 7.87. The van der Waals surface area contributed by atoms with Gasteiger partial charge < -0.3 is 30.2 Å². The monoisotopic (exact) mass is 623 g/mol. The highest BCUT2D eigenvalue weighted by atomic mass is 16.4. The van der Waals surface area contributed by atoms with Gasteiger partial charge in [0, 0.05) is 52.3 Å². The van der Waals surface area contributed by atoms with Crippen molar-refractivity contribution in [2.75, 3.05) is 38.6 Å². The second kappa shape index (κ2) is 14.2. The highest BCUT2D eigenvalue weighted by Gasteiger charge is 2.44. The zero-order chi connectivity index (χ0) is 32.9. The molecule has 12 nitrogen and oxygen atoms in total. The lowest BCUT2D eigenvalue weighted by Crippen LogP contribution is -2.49. The highest BCUT2D eigenvalue weighted by molar-refractivity contribution is 6.03. The minimum atomic E-state index is -2.74. The second-order valence-corrected chi connectivity index (χ2v) is 12.4. The molecule has 5 rings (SSSR count). The lowest BCUT2D eigenvalue weighted by Gasteiger charge is -2.38. The lowest BCUT2D eigenvalue weighted by molar-refractivity contribution is -0.170. The van der Waals surface area contributed by atoms with Crippen LogP contribution in [0.4, 0.5) is 5.69 Å². The molecule has 1 saturated carbocycles. The summed E-state index contributed by atoms with van der Waals surface area (Å²) in [5, 5.41) is 33.8. The van der Waals surface area contributed by atoms with Gasteiger partial charge in [0.2, 0.25) is 11.8 Å². The van der Waals surface area contributed by atoms with Gasteiger partial charge in [0.05, 0.1) is 12.8 Å². The van der Waals surface area contributed by atoms with E-state index in [4.69, 9.17) is 20.4 Å². The summed E-state index contributed by atoms with van der Waals surface area (Å²) in [6, 6.07) is 18.5. The Morgan fingerprint density at radius 1 is 0.844 bits per heavy atom. The van der Waals surface area contributed by atoms with E-state index >= 15 is 0 Å². The van der Waals surface area contributed by atoms with Crippen LogP contribution in [-0.4, -0.2) is 105 Å². The van der Waals surface area contributed by atoms with Gasteiger partial charge in [-0.15, -0.1) is 0 Å². The van der Waals surface area contributed by atoms with Crippen LogP contribution < -0.4 is 4.90 Å². The summed E-state index contributed by atoms with van der Waals surface area (Å²) in [5.74, 6) is -2.93. The van der Waals surface area contributed by atoms with Crippen molar-refractivity contribution in [3.8, 4) is 0 Å². The number of carboxylic acid groups (broad SMARTS) is 3. The largest absolute Gasteiger partial charge is 0.481 e. The Balaban J connectivity index is 0.000000302. The first kappa shape index (κ1) is 33.6. The summed E-state index contributed by atoms with van der Waals surface area (Å²) in [4.78, 5) is 62.5. The first-order valence-electron chi connectivity index (χ1n) is 15.1. The quantitative estimate of drug-likeness (QED) is 0.307. The molecule has 1 saturated heterocycles. The van der Waals surface area contributed by atoms with Gasteiger partial charge in [0.1, 0.15) is 6.04 Å². The van der Waals surface area contributed by atoms with Gasteiger partial charge in [-0.3, -0.25) is 24.1 Å². The Bertz CT molecular complexity index is 1380. The minimum absolute atomic E-state index is 0.00345. The summed E-state index contributed by atoms with van der Waals surface area (Å²) in [7, 11) is 3.53. The summed E-state index contributed by atoms with van der Waals surface area (Å²) in [5.41, 5.74) is 0.732. The van der Waals surface area contributed by atoms with E-state index < -0.39 is 42.4 Å². The predicted octanol–water partition coefficient (Wildman–Crippen LogP) is 2.30. The second-order valence-electron chi connectivity index (χ2n) is 12.4. The zero-order valence-electron chi connectivity index (χ0n) is 25.5. The summed E-state index contributed by atoms with van der Waals surface area (Å²) in [6.07, 6.45) is 1.34. The molecule has 2 aliphatic heterocycles. The first-order valence-corrected chi connectivity index (χ1v) is 15.1. The molecule has 0 aromatic heterocycles. The van der Waals surface area contributed by atoms with Gasteiger partial charge in [0.15, 0.2) is 5.60 Å². The number of likely N-dealkylation sites (N-methyl/N-ethyl adjacent to an activating group) is 1. The van der Waals surface area contributed by atoms with E-state index in [1.165, 1.54) is 18.4 Å². The van der Waals surface area contributed by atoms with Crippen molar-refractivity contribution in [3.63, 3.8) is 0 Å². The SMILES string of the molecule is CN(C)C(=O)[C@@H]1Cc2ccccc2N1C(=O)CCN1C[C@H]2CC[C@@H](C1)C2c1ccccc1.O=C(O)CC(O)(CC(=O)O)C(=O)O. The van der Waals surface area contributed by atoms with Crippen LogP contribution in [0.2, 0.25) is 0 Å². The van der Waals surface area contributed by atoms with Gasteiger partial charge in [-0.1, -0.05) is 48.5 Å². The maximum atomic E-state index is 13.4. The molecule has 2 fully saturated rings. The summed E-state index contributed by atoms with van der Waals surface area (Å²) in [6.45, 7) is 2.91. The smallest absolute Gasteiger partial charge is 0.336 e. The number of carbonyl (C=O) groups is 5. The Morgan fingerprint density at radius 3 is 1.93 bits per heavy atom. The maximum Gasteiger partial charge on any atom is 0.336 e. The number of nitrogens with zero attached hydrogens (tertiary/aromatic N) is 3. The number of benzene rings is 2. The van der Waals surface area contributed by atoms with Crippen LogP contribution in [0.5, 0.6) is 0 Å². The standard InChI is InChI=1S/C27H33N3O2.C6H8O7/c1-28(2)27(32)24-16-20-10-6-7-11-23(20)30(24)25(31)14-15-29-17-21-12-13-22(18-29)26(21)19-8-4-3-5-9-19;7-3(8)1-6(13,5(11)12)2-4(9)10/h3-11,21-22,24,26H,12-18H2,1-2H3;13H,1-2H2,(H,7,8)(H,9,10)(H,11,12)/t21-,22+,24-,26?;/m0./s1. The minimum Gasteiger partial charge on any atom is -0.481 e. The molecular formula is C33H41N3O9. The van der Waals surface area contributed by atoms with Crippen molar-refractivity contribution in [3.05, 3.63) is 65.7 Å². The van der Waals surface area contributed by atoms with E-state index in [0.717, 1.165) is 30.9 Å². The Hall–Kier alpha value is -4.29. The van der Waals surface area contributed by atoms with Crippen LogP contribution in [-0.2, 0) is 30.4 Å². The number of para-hydroxylation sites is 1. The van der Waals surface area contributed by atoms with E-state index in [1.807, 2.05) is 24.3 Å². The Labute approximate surface area is 261 Å². The lowest BCUT2D eigenvalue weighted by atomic mass is 9.80. The first-order chi connectivity index (χ1) is 21.3. The molecule has 2 amide bonds. The van der Waals surface area contributed by atoms with Crippen LogP contribution >= 0.6 is 0 Å². The molecular weight excluding hydrogens is 582 g/mol. The third-order valence-electron chi connectivity index (χ3n) is 8.99. The molecule has 242 valence electrons. The number of hydrogen-bond donors (Lipinski definition) is 4.